The maximum Gasteiger partial charge on any atom is 0.246 e. The second-order valence-electron chi connectivity index (χ2n) is 4.73. The molecule has 1 unspecified atom stereocenters. The van der Waals surface area contributed by atoms with E-state index in [1.165, 1.54) is 0 Å². The molecule has 0 bridgehead atoms. The lowest BCUT2D eigenvalue weighted by Gasteiger charge is -2.41. The molecule has 0 spiro atoms. The van der Waals surface area contributed by atoms with Crippen LogP contribution in [0, 0.1) is 5.92 Å². The average molecular weight is 242 g/mol. The zero-order chi connectivity index (χ0) is 13.2. The van der Waals surface area contributed by atoms with E-state index in [4.69, 9.17) is 5.84 Å². The molecule has 0 aliphatic carbocycles. The Morgan fingerprint density at radius 3 is 2.71 bits per heavy atom. The topological polar surface area (TPSA) is 105 Å². The molecule has 1 heterocycles. The summed E-state index contributed by atoms with van der Waals surface area (Å²) in [4.78, 5) is 35.9. The molecule has 1 rings (SSSR count). The molecular weight excluding hydrogens is 224 g/mol. The molecule has 7 nitrogen and oxygen atoms in total. The summed E-state index contributed by atoms with van der Waals surface area (Å²) in [5.74, 6) is 3.62. The summed E-state index contributed by atoms with van der Waals surface area (Å²) >= 11 is 0. The highest BCUT2D eigenvalue weighted by molar-refractivity contribution is 6.03. The van der Waals surface area contributed by atoms with Crippen molar-refractivity contribution >= 4 is 17.7 Å². The minimum Gasteiger partial charge on any atom is -0.294 e. The quantitative estimate of drug-likeness (QED) is 0.238. The molecule has 1 saturated heterocycles. The van der Waals surface area contributed by atoms with Crippen LogP contribution in [0.25, 0.3) is 0 Å². The van der Waals surface area contributed by atoms with Crippen LogP contribution in [-0.4, -0.2) is 41.2 Å². The van der Waals surface area contributed by atoms with Crippen molar-refractivity contribution in [3.8, 4) is 0 Å². The predicted octanol–water partition coefficient (Wildman–Crippen LogP) is -1.65. The van der Waals surface area contributed by atoms with Gasteiger partial charge in [-0.15, -0.1) is 0 Å². The number of nitrogens with one attached hydrogen (secondary N) is 2. The molecule has 96 valence electrons. The molecule has 7 heteroatoms. The molecule has 0 aromatic rings. The standard InChI is InChI=1S/C10H18N4O3/c1-6(8(16)13-11)4-14-5-7(15)12-9(17)10(14,2)3/h6H,4-5,11H2,1-3H3,(H,13,16)(H,12,15,17). The third-order valence-electron chi connectivity index (χ3n) is 3.02. The molecule has 1 aliphatic heterocycles. The summed E-state index contributed by atoms with van der Waals surface area (Å²) in [6.07, 6.45) is 0. The van der Waals surface area contributed by atoms with Crippen LogP contribution >= 0.6 is 0 Å². The summed E-state index contributed by atoms with van der Waals surface area (Å²) in [5.41, 5.74) is 1.24. The van der Waals surface area contributed by atoms with E-state index in [2.05, 4.69) is 10.7 Å². The maximum atomic E-state index is 11.7. The summed E-state index contributed by atoms with van der Waals surface area (Å²) in [5, 5.41) is 2.27. The largest absolute Gasteiger partial charge is 0.294 e. The molecule has 0 aromatic heterocycles. The lowest BCUT2D eigenvalue weighted by Crippen LogP contribution is -2.65. The van der Waals surface area contributed by atoms with Gasteiger partial charge in [0.05, 0.1) is 12.1 Å². The van der Waals surface area contributed by atoms with Gasteiger partial charge in [-0.3, -0.25) is 30.0 Å². The van der Waals surface area contributed by atoms with Crippen molar-refractivity contribution in [1.82, 2.24) is 15.6 Å². The normalized spacial score (nSPS) is 21.9. The first-order chi connectivity index (χ1) is 7.78. The second-order valence-corrected chi connectivity index (χ2v) is 4.73. The van der Waals surface area contributed by atoms with Crippen LogP contribution in [-0.2, 0) is 14.4 Å². The van der Waals surface area contributed by atoms with Gasteiger partial charge in [0.2, 0.25) is 17.7 Å². The van der Waals surface area contributed by atoms with Crippen LogP contribution < -0.4 is 16.6 Å². The van der Waals surface area contributed by atoms with Gasteiger partial charge in [-0.2, -0.15) is 0 Å². The lowest BCUT2D eigenvalue weighted by atomic mass is 9.96. The number of nitrogens with two attached hydrogens (primary N) is 1. The van der Waals surface area contributed by atoms with Crippen LogP contribution in [0.1, 0.15) is 20.8 Å². The molecule has 0 saturated carbocycles. The van der Waals surface area contributed by atoms with Crippen molar-refractivity contribution in [3.63, 3.8) is 0 Å². The van der Waals surface area contributed by atoms with E-state index in [9.17, 15) is 14.4 Å². The van der Waals surface area contributed by atoms with Gasteiger partial charge < -0.3 is 0 Å². The van der Waals surface area contributed by atoms with E-state index in [-0.39, 0.29) is 24.3 Å². The highest BCUT2D eigenvalue weighted by Gasteiger charge is 2.41. The number of hydrazine groups is 1. The number of rotatable bonds is 3. The van der Waals surface area contributed by atoms with Crippen LogP contribution in [0.5, 0.6) is 0 Å². The van der Waals surface area contributed by atoms with Gasteiger partial charge in [-0.1, -0.05) is 6.92 Å². The van der Waals surface area contributed by atoms with Gasteiger partial charge in [0.1, 0.15) is 0 Å². The van der Waals surface area contributed by atoms with Crippen LogP contribution in [0.4, 0.5) is 0 Å². The zero-order valence-electron chi connectivity index (χ0n) is 10.2. The number of nitrogens with zero attached hydrogens (tertiary/aromatic N) is 1. The highest BCUT2D eigenvalue weighted by Crippen LogP contribution is 2.19. The summed E-state index contributed by atoms with van der Waals surface area (Å²) in [6.45, 7) is 5.51. The molecule has 1 fully saturated rings. The number of imide groups is 1. The Labute approximate surface area is 99.7 Å². The van der Waals surface area contributed by atoms with E-state index in [1.807, 2.05) is 0 Å². The summed E-state index contributed by atoms with van der Waals surface area (Å²) in [6, 6.07) is 0. The van der Waals surface area contributed by atoms with Gasteiger partial charge in [0.25, 0.3) is 0 Å². The van der Waals surface area contributed by atoms with Crippen molar-refractivity contribution in [3.05, 3.63) is 0 Å². The van der Waals surface area contributed by atoms with Crippen LogP contribution in [0.15, 0.2) is 0 Å². The van der Waals surface area contributed by atoms with Crippen LogP contribution in [0.3, 0.4) is 0 Å². The number of hydrogen-bond donors (Lipinski definition) is 3. The van der Waals surface area contributed by atoms with Crippen molar-refractivity contribution in [2.75, 3.05) is 13.1 Å². The number of hydrogen-bond acceptors (Lipinski definition) is 5. The first-order valence-electron chi connectivity index (χ1n) is 5.38. The molecule has 1 aliphatic rings. The zero-order valence-corrected chi connectivity index (χ0v) is 10.2. The SMILES string of the molecule is CC(CN1CC(=O)NC(=O)C1(C)C)C(=O)NN. The number of piperazine rings is 1. The van der Waals surface area contributed by atoms with Crippen molar-refractivity contribution in [1.29, 1.82) is 0 Å². The molecular formula is C10H18N4O3. The fourth-order valence-corrected chi connectivity index (χ4v) is 1.68. The Kier molecular flexibility index (Phi) is 3.84. The predicted molar refractivity (Wildman–Crippen MR) is 60.3 cm³/mol. The molecule has 17 heavy (non-hydrogen) atoms. The Morgan fingerprint density at radius 1 is 1.59 bits per heavy atom. The van der Waals surface area contributed by atoms with Gasteiger partial charge in [0.15, 0.2) is 0 Å². The first kappa shape index (κ1) is 13.6. The summed E-state index contributed by atoms with van der Waals surface area (Å²) < 4.78 is 0. The van der Waals surface area contributed by atoms with Crippen molar-refractivity contribution < 1.29 is 14.4 Å². The number of carbonyl (C=O) groups excluding carboxylic acids is 3. The second kappa shape index (κ2) is 4.80. The van der Waals surface area contributed by atoms with E-state index in [0.717, 1.165) is 0 Å². The molecule has 3 amide bonds. The minimum atomic E-state index is -0.808. The Morgan fingerprint density at radius 2 is 2.18 bits per heavy atom. The highest BCUT2D eigenvalue weighted by atomic mass is 16.2. The minimum absolute atomic E-state index is 0.0981. The Balaban J connectivity index is 2.77. The molecule has 4 N–H and O–H groups in total. The van der Waals surface area contributed by atoms with Crippen molar-refractivity contribution in [2.24, 2.45) is 11.8 Å². The van der Waals surface area contributed by atoms with E-state index < -0.39 is 11.5 Å². The van der Waals surface area contributed by atoms with Gasteiger partial charge in [-0.25, -0.2) is 5.84 Å². The molecule has 1 atom stereocenters. The van der Waals surface area contributed by atoms with Crippen molar-refractivity contribution in [2.45, 2.75) is 26.3 Å². The van der Waals surface area contributed by atoms with Crippen LogP contribution in [0.2, 0.25) is 0 Å². The Hall–Kier alpha value is -1.47. The Bertz CT molecular complexity index is 353. The number of amides is 3. The maximum absolute atomic E-state index is 11.7. The monoisotopic (exact) mass is 242 g/mol. The number of carbonyl (C=O) groups is 3. The van der Waals surface area contributed by atoms with E-state index in [1.54, 1.807) is 25.7 Å². The third-order valence-corrected chi connectivity index (χ3v) is 3.02. The molecule has 0 radical (unpaired) electrons. The van der Waals surface area contributed by atoms with E-state index >= 15 is 0 Å². The first-order valence-corrected chi connectivity index (χ1v) is 5.38. The van der Waals surface area contributed by atoms with E-state index in [0.29, 0.717) is 6.54 Å². The average Bonchev–Trinajstić information content (AvgIpc) is 2.24. The fraction of sp³-hybridized carbons (Fsp3) is 0.700. The smallest absolute Gasteiger partial charge is 0.246 e. The van der Waals surface area contributed by atoms with Gasteiger partial charge in [-0.05, 0) is 13.8 Å². The molecule has 0 aromatic carbocycles. The summed E-state index contributed by atoms with van der Waals surface area (Å²) in [7, 11) is 0. The fourth-order valence-electron chi connectivity index (χ4n) is 1.68. The third kappa shape index (κ3) is 2.80. The van der Waals surface area contributed by atoms with Gasteiger partial charge >= 0.3 is 0 Å². The lowest BCUT2D eigenvalue weighted by molar-refractivity contribution is -0.146. The van der Waals surface area contributed by atoms with Gasteiger partial charge in [0, 0.05) is 12.5 Å².